The van der Waals surface area contributed by atoms with Gasteiger partial charge in [-0.2, -0.15) is 0 Å². The standard InChI is InChI=1S/C8H15NO4S2/c1-13-8(10)3-2-5-15(11,12)6-4-7(9)14/h2-6H2,1H3,(H2,9,14). The third kappa shape index (κ3) is 8.31. The zero-order valence-corrected chi connectivity index (χ0v) is 10.2. The van der Waals surface area contributed by atoms with Crippen LogP contribution in [0, 0.1) is 0 Å². The van der Waals surface area contributed by atoms with E-state index < -0.39 is 15.8 Å². The number of hydrogen-bond acceptors (Lipinski definition) is 5. The third-order valence-electron chi connectivity index (χ3n) is 1.72. The van der Waals surface area contributed by atoms with Gasteiger partial charge in [-0.3, -0.25) is 4.79 Å². The molecule has 0 unspecified atom stereocenters. The first-order chi connectivity index (χ1) is 6.87. The molecule has 0 amide bonds. The smallest absolute Gasteiger partial charge is 0.305 e. The molecule has 0 aromatic carbocycles. The van der Waals surface area contributed by atoms with Crippen LogP contribution in [0.1, 0.15) is 19.3 Å². The average Bonchev–Trinajstić information content (AvgIpc) is 2.14. The number of thiocarbonyl (C=S) groups is 1. The number of carbonyl (C=O) groups excluding carboxylic acids is 1. The largest absolute Gasteiger partial charge is 0.469 e. The van der Waals surface area contributed by atoms with Crippen molar-refractivity contribution in [2.24, 2.45) is 5.73 Å². The summed E-state index contributed by atoms with van der Waals surface area (Å²) in [7, 11) is -1.89. The molecule has 0 bridgehead atoms. The van der Waals surface area contributed by atoms with E-state index in [9.17, 15) is 13.2 Å². The highest BCUT2D eigenvalue weighted by Gasteiger charge is 2.12. The first-order valence-electron chi connectivity index (χ1n) is 4.43. The van der Waals surface area contributed by atoms with Crippen LogP contribution in [0.3, 0.4) is 0 Å². The Morgan fingerprint density at radius 1 is 1.33 bits per heavy atom. The van der Waals surface area contributed by atoms with E-state index in [0.717, 1.165) is 0 Å². The number of carbonyl (C=O) groups is 1. The van der Waals surface area contributed by atoms with Crippen molar-refractivity contribution < 1.29 is 17.9 Å². The molecule has 0 radical (unpaired) electrons. The van der Waals surface area contributed by atoms with Crippen molar-refractivity contribution >= 4 is 33.0 Å². The Kier molecular flexibility index (Phi) is 6.42. The molecule has 0 atom stereocenters. The zero-order valence-electron chi connectivity index (χ0n) is 8.56. The molecule has 0 aromatic rings. The molecule has 0 aliphatic rings. The summed E-state index contributed by atoms with van der Waals surface area (Å²) in [6.45, 7) is 0. The number of methoxy groups -OCH3 is 1. The van der Waals surface area contributed by atoms with Gasteiger partial charge in [0.15, 0.2) is 9.84 Å². The van der Waals surface area contributed by atoms with Crippen molar-refractivity contribution in [3.8, 4) is 0 Å². The summed E-state index contributed by atoms with van der Waals surface area (Å²) < 4.78 is 27.1. The van der Waals surface area contributed by atoms with Crippen LogP contribution < -0.4 is 5.73 Å². The Morgan fingerprint density at radius 2 is 1.93 bits per heavy atom. The fourth-order valence-electron chi connectivity index (χ4n) is 0.897. The van der Waals surface area contributed by atoms with Gasteiger partial charge in [0.25, 0.3) is 0 Å². The number of hydrogen-bond donors (Lipinski definition) is 1. The molecular weight excluding hydrogens is 238 g/mol. The van der Waals surface area contributed by atoms with Crippen molar-refractivity contribution in [3.63, 3.8) is 0 Å². The Balaban J connectivity index is 3.84. The number of sulfone groups is 1. The van der Waals surface area contributed by atoms with Crippen LogP contribution in [0.5, 0.6) is 0 Å². The minimum atomic E-state index is -3.16. The van der Waals surface area contributed by atoms with Gasteiger partial charge in [-0.1, -0.05) is 12.2 Å². The minimum Gasteiger partial charge on any atom is -0.469 e. The van der Waals surface area contributed by atoms with Gasteiger partial charge in [0.2, 0.25) is 0 Å². The maximum atomic E-state index is 11.3. The van der Waals surface area contributed by atoms with Gasteiger partial charge in [-0.05, 0) is 6.42 Å². The van der Waals surface area contributed by atoms with E-state index >= 15 is 0 Å². The first kappa shape index (κ1) is 14.3. The molecule has 15 heavy (non-hydrogen) atoms. The van der Waals surface area contributed by atoms with Gasteiger partial charge in [0.05, 0.1) is 23.6 Å². The topological polar surface area (TPSA) is 86.5 Å². The van der Waals surface area contributed by atoms with Crippen molar-refractivity contribution in [3.05, 3.63) is 0 Å². The van der Waals surface area contributed by atoms with Crippen LogP contribution >= 0.6 is 12.2 Å². The summed E-state index contributed by atoms with van der Waals surface area (Å²) in [5, 5.41) is 0. The fraction of sp³-hybridized carbons (Fsp3) is 0.750. The van der Waals surface area contributed by atoms with Gasteiger partial charge >= 0.3 is 5.97 Å². The molecule has 0 saturated heterocycles. The Morgan fingerprint density at radius 3 is 2.40 bits per heavy atom. The highest BCUT2D eigenvalue weighted by molar-refractivity contribution is 7.91. The highest BCUT2D eigenvalue weighted by Crippen LogP contribution is 2.01. The minimum absolute atomic E-state index is 0.0370. The van der Waals surface area contributed by atoms with Crippen LogP contribution in [0.2, 0.25) is 0 Å². The summed E-state index contributed by atoms with van der Waals surface area (Å²) >= 11 is 4.58. The first-order valence-corrected chi connectivity index (χ1v) is 6.66. The van der Waals surface area contributed by atoms with Crippen LogP contribution in [-0.4, -0.2) is 38.0 Å². The lowest BCUT2D eigenvalue weighted by atomic mass is 10.3. The summed E-state index contributed by atoms with van der Waals surface area (Å²) in [5.41, 5.74) is 5.19. The summed E-state index contributed by atoms with van der Waals surface area (Å²) in [6.07, 6.45) is 0.574. The molecule has 0 aliphatic heterocycles. The fourth-order valence-corrected chi connectivity index (χ4v) is 2.45. The van der Waals surface area contributed by atoms with Crippen LogP contribution in [-0.2, 0) is 19.4 Å². The Bertz CT molecular complexity index is 324. The van der Waals surface area contributed by atoms with Gasteiger partial charge in [-0.15, -0.1) is 0 Å². The van der Waals surface area contributed by atoms with Gasteiger partial charge in [-0.25, -0.2) is 8.42 Å². The average molecular weight is 253 g/mol. The molecule has 88 valence electrons. The molecule has 0 fully saturated rings. The van der Waals surface area contributed by atoms with Crippen molar-refractivity contribution in [1.29, 1.82) is 0 Å². The molecule has 0 spiro atoms. The van der Waals surface area contributed by atoms with Crippen molar-refractivity contribution in [2.45, 2.75) is 19.3 Å². The van der Waals surface area contributed by atoms with Crippen LogP contribution in [0.15, 0.2) is 0 Å². The van der Waals surface area contributed by atoms with Crippen molar-refractivity contribution in [1.82, 2.24) is 0 Å². The third-order valence-corrected chi connectivity index (χ3v) is 3.66. The number of esters is 1. The van der Waals surface area contributed by atoms with E-state index in [4.69, 9.17) is 5.73 Å². The summed E-state index contributed by atoms with van der Waals surface area (Å²) in [4.78, 5) is 10.9. The molecule has 5 nitrogen and oxygen atoms in total. The number of ether oxygens (including phenoxy) is 1. The normalized spacial score (nSPS) is 11.0. The van der Waals surface area contributed by atoms with Gasteiger partial charge in [0.1, 0.15) is 0 Å². The Labute approximate surface area is 94.9 Å². The lowest BCUT2D eigenvalue weighted by Crippen LogP contribution is -2.18. The predicted molar refractivity (Wildman–Crippen MR) is 61.3 cm³/mol. The molecule has 0 heterocycles. The molecule has 0 saturated carbocycles. The monoisotopic (exact) mass is 253 g/mol. The second-order valence-electron chi connectivity index (χ2n) is 3.05. The van der Waals surface area contributed by atoms with E-state index in [1.54, 1.807) is 0 Å². The van der Waals surface area contributed by atoms with E-state index in [2.05, 4.69) is 17.0 Å². The van der Waals surface area contributed by atoms with Gasteiger partial charge in [0, 0.05) is 12.8 Å². The summed E-state index contributed by atoms with van der Waals surface area (Å²) in [6, 6.07) is 0. The highest BCUT2D eigenvalue weighted by atomic mass is 32.2. The molecule has 0 aromatic heterocycles. The Hall–Kier alpha value is -0.690. The molecule has 0 aliphatic carbocycles. The van der Waals surface area contributed by atoms with Crippen molar-refractivity contribution in [2.75, 3.05) is 18.6 Å². The lowest BCUT2D eigenvalue weighted by Gasteiger charge is -2.02. The maximum absolute atomic E-state index is 11.3. The molecule has 2 N–H and O–H groups in total. The lowest BCUT2D eigenvalue weighted by molar-refractivity contribution is -0.140. The number of rotatable bonds is 7. The summed E-state index contributed by atoms with van der Waals surface area (Å²) in [5.74, 6) is -0.492. The quantitative estimate of drug-likeness (QED) is 0.509. The molecule has 7 heteroatoms. The second-order valence-corrected chi connectivity index (χ2v) is 5.88. The maximum Gasteiger partial charge on any atom is 0.305 e. The zero-order chi connectivity index (χ0) is 11.9. The van der Waals surface area contributed by atoms with E-state index in [0.29, 0.717) is 0 Å². The van der Waals surface area contributed by atoms with E-state index in [1.807, 2.05) is 0 Å². The van der Waals surface area contributed by atoms with Gasteiger partial charge < -0.3 is 10.5 Å². The number of nitrogens with two attached hydrogens (primary N) is 1. The second kappa shape index (κ2) is 6.73. The van der Waals surface area contributed by atoms with E-state index in [-0.39, 0.29) is 35.8 Å². The SMILES string of the molecule is COC(=O)CCCS(=O)(=O)CCC(N)=S. The predicted octanol–water partition coefficient (Wildman–Crippen LogP) is 0.0306. The molecular formula is C8H15NO4S2. The van der Waals surface area contributed by atoms with Crippen LogP contribution in [0.25, 0.3) is 0 Å². The molecule has 0 rings (SSSR count). The van der Waals surface area contributed by atoms with E-state index in [1.165, 1.54) is 7.11 Å². The van der Waals surface area contributed by atoms with Crippen LogP contribution in [0.4, 0.5) is 0 Å².